The van der Waals surface area contributed by atoms with Gasteiger partial charge in [0.25, 0.3) is 0 Å². The lowest BCUT2D eigenvalue weighted by Gasteiger charge is -2.09. The fourth-order valence-electron chi connectivity index (χ4n) is 1.72. The highest BCUT2D eigenvalue weighted by Crippen LogP contribution is 2.21. The number of nitrogens with zero attached hydrogens (tertiary/aromatic N) is 1. The maximum atomic E-state index is 10.6. The molecule has 0 amide bonds. The number of carboxylic acid groups (broad SMARTS) is 1. The Bertz CT molecular complexity index is 630. The Morgan fingerprint density at radius 3 is 3.05 bits per heavy atom. The van der Waals surface area contributed by atoms with Crippen molar-refractivity contribution in [1.29, 1.82) is 0 Å². The molecule has 21 heavy (non-hydrogen) atoms. The number of nitrogens with one attached hydrogen (secondary N) is 1. The van der Waals surface area contributed by atoms with Crippen molar-refractivity contribution in [3.8, 4) is 5.75 Å². The van der Waals surface area contributed by atoms with Gasteiger partial charge in [0.1, 0.15) is 12.4 Å². The molecular formula is C14H15ClN2O3S. The number of thiazole rings is 1. The molecular weight excluding hydrogens is 312 g/mol. The first kappa shape index (κ1) is 15.6. The quantitative estimate of drug-likeness (QED) is 0.764. The summed E-state index contributed by atoms with van der Waals surface area (Å²) in [5.74, 6) is -0.0831. The Kier molecular flexibility index (Phi) is 5.41. The van der Waals surface area contributed by atoms with Crippen molar-refractivity contribution >= 4 is 34.0 Å². The van der Waals surface area contributed by atoms with E-state index >= 15 is 0 Å². The summed E-state index contributed by atoms with van der Waals surface area (Å²) < 4.78 is 5.65. The molecule has 5 nitrogen and oxygen atoms in total. The second-order valence-electron chi connectivity index (χ2n) is 4.40. The zero-order valence-electron chi connectivity index (χ0n) is 11.4. The van der Waals surface area contributed by atoms with Crippen LogP contribution in [0.3, 0.4) is 0 Å². The average Bonchev–Trinajstić information content (AvgIpc) is 2.83. The average molecular weight is 327 g/mol. The monoisotopic (exact) mass is 326 g/mol. The van der Waals surface area contributed by atoms with E-state index in [1.165, 1.54) is 11.3 Å². The van der Waals surface area contributed by atoms with E-state index in [9.17, 15) is 4.79 Å². The summed E-state index contributed by atoms with van der Waals surface area (Å²) in [7, 11) is 0. The van der Waals surface area contributed by atoms with Crippen LogP contribution in [0, 0.1) is 6.92 Å². The van der Waals surface area contributed by atoms with Gasteiger partial charge in [0, 0.05) is 10.4 Å². The van der Waals surface area contributed by atoms with Crippen LogP contribution < -0.4 is 10.1 Å². The van der Waals surface area contributed by atoms with E-state index in [0.717, 1.165) is 11.3 Å². The number of ether oxygens (including phenoxy) is 1. The topological polar surface area (TPSA) is 71.5 Å². The first-order valence-corrected chi connectivity index (χ1v) is 7.59. The molecule has 2 rings (SSSR count). The lowest BCUT2D eigenvalue weighted by Crippen LogP contribution is -2.12. The van der Waals surface area contributed by atoms with Crippen molar-refractivity contribution in [3.63, 3.8) is 0 Å². The van der Waals surface area contributed by atoms with Crippen LogP contribution in [-0.2, 0) is 11.2 Å². The molecule has 0 fully saturated rings. The number of hydrogen-bond acceptors (Lipinski definition) is 5. The largest absolute Gasteiger partial charge is 0.491 e. The molecule has 1 heterocycles. The summed E-state index contributed by atoms with van der Waals surface area (Å²) in [6.07, 6.45) is -0.0569. The van der Waals surface area contributed by atoms with E-state index in [2.05, 4.69) is 10.3 Å². The highest BCUT2D eigenvalue weighted by molar-refractivity contribution is 7.13. The van der Waals surface area contributed by atoms with Gasteiger partial charge < -0.3 is 15.2 Å². The van der Waals surface area contributed by atoms with Crippen LogP contribution >= 0.6 is 22.9 Å². The Balaban J connectivity index is 1.76. The van der Waals surface area contributed by atoms with Gasteiger partial charge in [-0.15, -0.1) is 11.3 Å². The summed E-state index contributed by atoms with van der Waals surface area (Å²) in [5.41, 5.74) is 1.55. The fraction of sp³-hybridized carbons (Fsp3) is 0.286. The maximum Gasteiger partial charge on any atom is 0.309 e. The van der Waals surface area contributed by atoms with E-state index in [-0.39, 0.29) is 6.42 Å². The number of rotatable bonds is 7. The fourth-order valence-corrected chi connectivity index (χ4v) is 2.68. The Labute approximate surface area is 131 Å². The normalized spacial score (nSPS) is 10.4. The highest BCUT2D eigenvalue weighted by Gasteiger charge is 2.06. The molecule has 0 unspecified atom stereocenters. The standard InChI is InChI=1S/C14H15ClN2O3S/c1-9-6-10(15)2-3-12(9)20-5-4-16-14-17-11(8-21-14)7-13(18)19/h2-3,6,8H,4-5,7H2,1H3,(H,16,17)(H,18,19). The van der Waals surface area contributed by atoms with Gasteiger partial charge in [0.05, 0.1) is 18.7 Å². The number of aryl methyl sites for hydroxylation is 1. The molecule has 112 valence electrons. The van der Waals surface area contributed by atoms with Gasteiger partial charge in [-0.2, -0.15) is 0 Å². The highest BCUT2D eigenvalue weighted by atomic mass is 35.5. The van der Waals surface area contributed by atoms with Crippen molar-refractivity contribution < 1.29 is 14.6 Å². The molecule has 0 saturated carbocycles. The van der Waals surface area contributed by atoms with Crippen molar-refractivity contribution in [3.05, 3.63) is 39.9 Å². The summed E-state index contributed by atoms with van der Waals surface area (Å²) in [6.45, 7) is 3.01. The second-order valence-corrected chi connectivity index (χ2v) is 5.69. The SMILES string of the molecule is Cc1cc(Cl)ccc1OCCNc1nc(CC(=O)O)cs1. The van der Waals surface area contributed by atoms with Gasteiger partial charge >= 0.3 is 5.97 Å². The smallest absolute Gasteiger partial charge is 0.309 e. The van der Waals surface area contributed by atoms with Crippen molar-refractivity contribution in [1.82, 2.24) is 4.98 Å². The minimum atomic E-state index is -0.881. The Hall–Kier alpha value is -1.79. The summed E-state index contributed by atoms with van der Waals surface area (Å²) in [5, 5.41) is 14.9. The van der Waals surface area contributed by atoms with E-state index in [1.54, 1.807) is 11.4 Å². The maximum absolute atomic E-state index is 10.6. The minimum absolute atomic E-state index is 0.0569. The molecule has 0 spiro atoms. The van der Waals surface area contributed by atoms with Gasteiger partial charge in [0.15, 0.2) is 5.13 Å². The number of halogens is 1. The lowest BCUT2D eigenvalue weighted by atomic mass is 10.2. The van der Waals surface area contributed by atoms with Gasteiger partial charge in [-0.25, -0.2) is 4.98 Å². The third-order valence-electron chi connectivity index (χ3n) is 2.66. The third-order valence-corrected chi connectivity index (χ3v) is 3.74. The molecule has 2 aromatic rings. The summed E-state index contributed by atoms with van der Waals surface area (Å²) in [4.78, 5) is 14.7. The first-order chi connectivity index (χ1) is 10.0. The van der Waals surface area contributed by atoms with E-state index in [0.29, 0.717) is 29.0 Å². The molecule has 0 aliphatic carbocycles. The molecule has 0 bridgehead atoms. The third kappa shape index (κ3) is 4.91. The predicted molar refractivity (Wildman–Crippen MR) is 83.6 cm³/mol. The van der Waals surface area contributed by atoms with Crippen LogP contribution in [0.1, 0.15) is 11.3 Å². The molecule has 1 aromatic carbocycles. The lowest BCUT2D eigenvalue weighted by molar-refractivity contribution is -0.136. The van der Waals surface area contributed by atoms with Gasteiger partial charge in [-0.05, 0) is 30.7 Å². The van der Waals surface area contributed by atoms with Gasteiger partial charge in [0.2, 0.25) is 0 Å². The van der Waals surface area contributed by atoms with Gasteiger partial charge in [-0.1, -0.05) is 11.6 Å². The van der Waals surface area contributed by atoms with Crippen LogP contribution in [0.25, 0.3) is 0 Å². The Morgan fingerprint density at radius 2 is 2.33 bits per heavy atom. The van der Waals surface area contributed by atoms with E-state index in [1.807, 2.05) is 19.1 Å². The molecule has 7 heteroatoms. The molecule has 0 saturated heterocycles. The molecule has 1 aromatic heterocycles. The van der Waals surface area contributed by atoms with Crippen LogP contribution in [0.4, 0.5) is 5.13 Å². The van der Waals surface area contributed by atoms with Crippen LogP contribution in [0.15, 0.2) is 23.6 Å². The Morgan fingerprint density at radius 1 is 1.52 bits per heavy atom. The zero-order valence-corrected chi connectivity index (χ0v) is 13.0. The number of hydrogen-bond donors (Lipinski definition) is 2. The number of carbonyl (C=O) groups is 1. The molecule has 2 N–H and O–H groups in total. The number of carboxylic acids is 1. The van der Waals surface area contributed by atoms with E-state index < -0.39 is 5.97 Å². The zero-order chi connectivity index (χ0) is 15.2. The van der Waals surface area contributed by atoms with E-state index in [4.69, 9.17) is 21.4 Å². The number of aromatic nitrogens is 1. The first-order valence-electron chi connectivity index (χ1n) is 6.33. The molecule has 0 radical (unpaired) electrons. The van der Waals surface area contributed by atoms with Crippen molar-refractivity contribution in [2.24, 2.45) is 0 Å². The molecule has 0 aliphatic heterocycles. The van der Waals surface area contributed by atoms with Crippen molar-refractivity contribution in [2.75, 3.05) is 18.5 Å². The van der Waals surface area contributed by atoms with Crippen LogP contribution in [0.5, 0.6) is 5.75 Å². The minimum Gasteiger partial charge on any atom is -0.491 e. The molecule has 0 aliphatic rings. The molecule has 0 atom stereocenters. The predicted octanol–water partition coefficient (Wildman–Crippen LogP) is 3.22. The summed E-state index contributed by atoms with van der Waals surface area (Å²) >= 11 is 7.26. The number of benzene rings is 1. The van der Waals surface area contributed by atoms with Crippen LogP contribution in [0.2, 0.25) is 5.02 Å². The number of aliphatic carboxylic acids is 1. The van der Waals surface area contributed by atoms with Crippen LogP contribution in [-0.4, -0.2) is 29.2 Å². The second kappa shape index (κ2) is 7.28. The van der Waals surface area contributed by atoms with Crippen molar-refractivity contribution in [2.45, 2.75) is 13.3 Å². The number of anilines is 1. The summed E-state index contributed by atoms with van der Waals surface area (Å²) in [6, 6.07) is 5.48. The van der Waals surface area contributed by atoms with Gasteiger partial charge in [-0.3, -0.25) is 4.79 Å².